The predicted octanol–water partition coefficient (Wildman–Crippen LogP) is 3.22. The molecule has 0 radical (unpaired) electrons. The van der Waals surface area contributed by atoms with Gasteiger partial charge >= 0.3 is 0 Å². The molecule has 0 aliphatic rings. The molecule has 1 atom stereocenters. The Morgan fingerprint density at radius 1 is 1.07 bits per heavy atom. The van der Waals surface area contributed by atoms with Crippen molar-refractivity contribution in [2.45, 2.75) is 19.2 Å². The Balaban J connectivity index is 1.57. The first-order valence-corrected chi connectivity index (χ1v) is 8.42. The molecule has 8 nitrogen and oxygen atoms in total. The Morgan fingerprint density at radius 3 is 2.30 bits per heavy atom. The fourth-order valence-electron chi connectivity index (χ4n) is 2.66. The molecule has 0 spiro atoms. The molecule has 1 N–H and O–H groups in total. The molecule has 1 unspecified atom stereocenters. The summed E-state index contributed by atoms with van der Waals surface area (Å²) in [5, 5.41) is 21.2. The van der Waals surface area contributed by atoms with Crippen LogP contribution in [0.2, 0.25) is 0 Å². The van der Waals surface area contributed by atoms with E-state index >= 15 is 0 Å². The lowest BCUT2D eigenvalue weighted by atomic mass is 10.2. The molecule has 142 valence electrons. The fourth-order valence-corrected chi connectivity index (χ4v) is 2.66. The molecular formula is C19H20N2O6. The summed E-state index contributed by atoms with van der Waals surface area (Å²) in [5.41, 5.74) is -0.0562. The quantitative estimate of drug-likeness (QED) is 0.430. The summed E-state index contributed by atoms with van der Waals surface area (Å²) in [7, 11) is 0. The van der Waals surface area contributed by atoms with Crippen LogP contribution in [0.25, 0.3) is 0 Å². The zero-order valence-corrected chi connectivity index (χ0v) is 14.6. The zero-order chi connectivity index (χ0) is 19.1. The Labute approximate surface area is 155 Å². The minimum absolute atomic E-state index is 0.00791. The second kappa shape index (κ2) is 9.02. The third kappa shape index (κ3) is 5.70. The van der Waals surface area contributed by atoms with Crippen LogP contribution in [-0.2, 0) is 13.1 Å². The highest BCUT2D eigenvalue weighted by Gasteiger charge is 2.16. The number of furan rings is 2. The van der Waals surface area contributed by atoms with Crippen LogP contribution < -0.4 is 4.74 Å². The van der Waals surface area contributed by atoms with Gasteiger partial charge in [-0.3, -0.25) is 15.0 Å². The highest BCUT2D eigenvalue weighted by molar-refractivity contribution is 5.37. The second-order valence-corrected chi connectivity index (χ2v) is 6.05. The molecule has 27 heavy (non-hydrogen) atoms. The molecule has 0 saturated heterocycles. The second-order valence-electron chi connectivity index (χ2n) is 6.05. The Hall–Kier alpha value is -3.10. The highest BCUT2D eigenvalue weighted by Crippen LogP contribution is 2.19. The van der Waals surface area contributed by atoms with E-state index in [0.29, 0.717) is 25.4 Å². The van der Waals surface area contributed by atoms with Gasteiger partial charge in [-0.15, -0.1) is 0 Å². The summed E-state index contributed by atoms with van der Waals surface area (Å²) in [4.78, 5) is 12.3. The number of rotatable bonds is 10. The van der Waals surface area contributed by atoms with Gasteiger partial charge in [0, 0.05) is 12.6 Å². The lowest BCUT2D eigenvalue weighted by Crippen LogP contribution is -2.34. The molecule has 3 rings (SSSR count). The monoisotopic (exact) mass is 372 g/mol. The first-order valence-electron chi connectivity index (χ1n) is 8.42. The fraction of sp³-hybridized carbons (Fsp3) is 0.263. The van der Waals surface area contributed by atoms with Gasteiger partial charge < -0.3 is 18.7 Å². The Kier molecular flexibility index (Phi) is 6.24. The van der Waals surface area contributed by atoms with E-state index in [1.807, 2.05) is 29.2 Å². The van der Waals surface area contributed by atoms with Crippen molar-refractivity contribution >= 4 is 5.69 Å². The van der Waals surface area contributed by atoms with Crippen molar-refractivity contribution in [1.29, 1.82) is 0 Å². The van der Waals surface area contributed by atoms with Gasteiger partial charge in [-0.1, -0.05) is 6.07 Å². The summed E-state index contributed by atoms with van der Waals surface area (Å²) in [6, 6.07) is 13.2. The van der Waals surface area contributed by atoms with Crippen LogP contribution in [0.3, 0.4) is 0 Å². The topological polar surface area (TPSA) is 102 Å². The van der Waals surface area contributed by atoms with E-state index in [1.165, 1.54) is 12.1 Å². The lowest BCUT2D eigenvalue weighted by Gasteiger charge is -2.23. The molecular weight excluding hydrogens is 352 g/mol. The SMILES string of the molecule is O=[N+]([O-])c1cccc(OCC(O)CN(Cc2ccco2)Cc2ccco2)c1. The minimum Gasteiger partial charge on any atom is -0.491 e. The van der Waals surface area contributed by atoms with Crippen molar-refractivity contribution in [2.24, 2.45) is 0 Å². The van der Waals surface area contributed by atoms with Crippen LogP contribution in [0.5, 0.6) is 5.75 Å². The van der Waals surface area contributed by atoms with Crippen molar-refractivity contribution in [3.8, 4) is 5.75 Å². The largest absolute Gasteiger partial charge is 0.491 e. The van der Waals surface area contributed by atoms with E-state index in [-0.39, 0.29) is 12.3 Å². The van der Waals surface area contributed by atoms with Gasteiger partial charge in [0.25, 0.3) is 5.69 Å². The number of hydrogen-bond donors (Lipinski definition) is 1. The van der Waals surface area contributed by atoms with Crippen molar-refractivity contribution in [3.05, 3.63) is 82.7 Å². The molecule has 0 amide bonds. The molecule has 8 heteroatoms. The first kappa shape index (κ1) is 18.7. The molecule has 2 aromatic heterocycles. The molecule has 0 aliphatic heterocycles. The van der Waals surface area contributed by atoms with Crippen LogP contribution in [0, 0.1) is 10.1 Å². The van der Waals surface area contributed by atoms with Crippen LogP contribution in [0.1, 0.15) is 11.5 Å². The van der Waals surface area contributed by atoms with Crippen LogP contribution in [0.4, 0.5) is 5.69 Å². The average Bonchev–Trinajstić information content (AvgIpc) is 3.34. The van der Waals surface area contributed by atoms with Gasteiger partial charge in [-0.25, -0.2) is 0 Å². The Bertz CT molecular complexity index is 796. The molecule has 3 aromatic rings. The third-order valence-electron chi connectivity index (χ3n) is 3.86. The van der Waals surface area contributed by atoms with E-state index < -0.39 is 11.0 Å². The van der Waals surface area contributed by atoms with Crippen LogP contribution in [-0.4, -0.2) is 34.2 Å². The number of hydrogen-bond acceptors (Lipinski definition) is 7. The number of benzene rings is 1. The molecule has 0 saturated carbocycles. The van der Waals surface area contributed by atoms with E-state index in [9.17, 15) is 15.2 Å². The smallest absolute Gasteiger partial charge is 0.273 e. The van der Waals surface area contributed by atoms with E-state index in [1.54, 1.807) is 24.7 Å². The molecule has 0 aliphatic carbocycles. The maximum atomic E-state index is 10.8. The molecule has 2 heterocycles. The number of ether oxygens (including phenoxy) is 1. The number of aliphatic hydroxyl groups excluding tert-OH is 1. The average molecular weight is 372 g/mol. The number of nitro groups is 1. The maximum Gasteiger partial charge on any atom is 0.273 e. The van der Waals surface area contributed by atoms with Crippen molar-refractivity contribution in [1.82, 2.24) is 4.90 Å². The van der Waals surface area contributed by atoms with Gasteiger partial charge in [0.15, 0.2) is 0 Å². The van der Waals surface area contributed by atoms with Crippen molar-refractivity contribution < 1.29 is 23.6 Å². The van der Waals surface area contributed by atoms with E-state index in [0.717, 1.165) is 11.5 Å². The van der Waals surface area contributed by atoms with Crippen molar-refractivity contribution in [2.75, 3.05) is 13.2 Å². The number of nitrogens with zero attached hydrogens (tertiary/aromatic N) is 2. The lowest BCUT2D eigenvalue weighted by molar-refractivity contribution is -0.384. The van der Waals surface area contributed by atoms with E-state index in [4.69, 9.17) is 13.6 Å². The third-order valence-corrected chi connectivity index (χ3v) is 3.86. The molecule has 1 aromatic carbocycles. The summed E-state index contributed by atoms with van der Waals surface area (Å²) in [6.07, 6.45) is 2.40. The first-order chi connectivity index (χ1) is 13.1. The number of non-ortho nitro benzene ring substituents is 1. The summed E-state index contributed by atoms with van der Waals surface area (Å²) in [6.45, 7) is 1.33. The standard InChI is InChI=1S/C19H20N2O6/c22-16(14-27-17-5-1-4-15(10-17)21(23)24)11-20(12-18-6-2-8-25-18)13-19-7-3-9-26-19/h1-10,16,22H,11-14H2. The van der Waals surface area contributed by atoms with Gasteiger partial charge in [0.2, 0.25) is 0 Å². The summed E-state index contributed by atoms with van der Waals surface area (Å²) in [5.74, 6) is 1.88. The van der Waals surface area contributed by atoms with Gasteiger partial charge in [0.1, 0.15) is 30.0 Å². The van der Waals surface area contributed by atoms with Crippen molar-refractivity contribution in [3.63, 3.8) is 0 Å². The normalized spacial score (nSPS) is 12.2. The highest BCUT2D eigenvalue weighted by atomic mass is 16.6. The Morgan fingerprint density at radius 2 is 1.74 bits per heavy atom. The van der Waals surface area contributed by atoms with E-state index in [2.05, 4.69) is 0 Å². The van der Waals surface area contributed by atoms with Crippen LogP contribution in [0.15, 0.2) is 69.9 Å². The number of aliphatic hydroxyl groups is 1. The van der Waals surface area contributed by atoms with Gasteiger partial charge in [-0.05, 0) is 30.3 Å². The molecule has 0 bridgehead atoms. The number of nitro benzene ring substituents is 1. The zero-order valence-electron chi connectivity index (χ0n) is 14.6. The predicted molar refractivity (Wildman–Crippen MR) is 96.1 cm³/mol. The van der Waals surface area contributed by atoms with Crippen LogP contribution >= 0.6 is 0 Å². The minimum atomic E-state index is -0.797. The maximum absolute atomic E-state index is 10.8. The molecule has 0 fully saturated rings. The van der Waals surface area contributed by atoms with Gasteiger partial charge in [0.05, 0.1) is 36.6 Å². The summed E-state index contributed by atoms with van der Waals surface area (Å²) < 4.78 is 16.3. The van der Waals surface area contributed by atoms with Gasteiger partial charge in [-0.2, -0.15) is 0 Å². The summed E-state index contributed by atoms with van der Waals surface area (Å²) >= 11 is 0.